The lowest BCUT2D eigenvalue weighted by molar-refractivity contribution is -0.366. The van der Waals surface area contributed by atoms with Crippen molar-refractivity contribution in [2.45, 2.75) is 197 Å². The summed E-state index contributed by atoms with van der Waals surface area (Å²) >= 11 is 0. The minimum atomic E-state index is -1.72. The molecule has 0 radical (unpaired) electrons. The Morgan fingerprint density at radius 2 is 1.42 bits per heavy atom. The number of hydrogen-bond acceptors (Lipinski definition) is 14. The molecule has 55 heavy (non-hydrogen) atoms. The van der Waals surface area contributed by atoms with Gasteiger partial charge in [-0.1, -0.05) is 27.7 Å². The zero-order valence-corrected chi connectivity index (χ0v) is 33.6. The van der Waals surface area contributed by atoms with Crippen LogP contribution in [0, 0.1) is 44.8 Å². The van der Waals surface area contributed by atoms with E-state index in [1.54, 1.807) is 13.8 Å². The van der Waals surface area contributed by atoms with E-state index in [0.29, 0.717) is 19.3 Å². The Balaban J connectivity index is 1.02. The summed E-state index contributed by atoms with van der Waals surface area (Å²) < 4.78 is 30.9. The second-order valence-corrected chi connectivity index (χ2v) is 21.1. The average Bonchev–Trinajstić information content (AvgIpc) is 3.45. The van der Waals surface area contributed by atoms with Crippen molar-refractivity contribution in [1.82, 2.24) is 0 Å². The van der Waals surface area contributed by atoms with E-state index in [-0.39, 0.29) is 52.1 Å². The normalized spacial score (nSPS) is 58.7. The molecule has 316 valence electrons. The quantitative estimate of drug-likeness (QED) is 0.162. The molecule has 5 saturated carbocycles. The maximum atomic E-state index is 12.4. The van der Waals surface area contributed by atoms with E-state index >= 15 is 0 Å². The second-order valence-electron chi connectivity index (χ2n) is 21.1. The molecule has 0 unspecified atom stereocenters. The highest BCUT2D eigenvalue weighted by Crippen LogP contribution is 2.89. The molecule has 9 N–H and O–H groups in total. The Morgan fingerprint density at radius 1 is 0.709 bits per heavy atom. The first-order chi connectivity index (χ1) is 25.5. The van der Waals surface area contributed by atoms with Gasteiger partial charge in [-0.25, -0.2) is 0 Å². The summed E-state index contributed by atoms with van der Waals surface area (Å²) in [6.45, 7) is 13.8. The molecule has 5 aliphatic carbocycles. The van der Waals surface area contributed by atoms with Crippen LogP contribution >= 0.6 is 0 Å². The first-order valence-electron chi connectivity index (χ1n) is 20.9. The number of rotatable bonds is 7. The maximum Gasteiger partial charge on any atom is 0.187 e. The molecule has 8 fully saturated rings. The predicted octanol–water partition coefficient (Wildman–Crippen LogP) is 0.724. The first-order valence-corrected chi connectivity index (χ1v) is 20.9. The molecule has 3 heterocycles. The molecule has 3 aliphatic heterocycles. The van der Waals surface area contributed by atoms with Crippen LogP contribution < -0.4 is 0 Å². The van der Waals surface area contributed by atoms with Crippen molar-refractivity contribution in [1.29, 1.82) is 0 Å². The van der Waals surface area contributed by atoms with Crippen molar-refractivity contribution in [3.05, 3.63) is 0 Å². The van der Waals surface area contributed by atoms with Gasteiger partial charge in [-0.2, -0.15) is 0 Å². The van der Waals surface area contributed by atoms with E-state index in [0.717, 1.165) is 38.5 Å². The molecule has 0 bridgehead atoms. The Kier molecular flexibility index (Phi) is 9.90. The maximum absolute atomic E-state index is 12.4. The van der Waals surface area contributed by atoms with Gasteiger partial charge in [0.05, 0.1) is 48.8 Å². The van der Waals surface area contributed by atoms with Crippen molar-refractivity contribution in [2.24, 2.45) is 44.8 Å². The number of fused-ring (bicyclic) bond motifs is 2. The van der Waals surface area contributed by atoms with Crippen LogP contribution in [0.3, 0.4) is 0 Å². The highest BCUT2D eigenvalue weighted by atomic mass is 16.8. The fraction of sp³-hybridized carbons (Fsp3) is 1.00. The largest absolute Gasteiger partial charge is 0.394 e. The first kappa shape index (κ1) is 41.2. The van der Waals surface area contributed by atoms with Gasteiger partial charge in [0.1, 0.15) is 42.7 Å². The lowest BCUT2D eigenvalue weighted by Gasteiger charge is -2.64. The van der Waals surface area contributed by atoms with Crippen LogP contribution in [-0.4, -0.2) is 150 Å². The molecule has 0 amide bonds. The summed E-state index contributed by atoms with van der Waals surface area (Å²) in [7, 11) is 0. The van der Waals surface area contributed by atoms with Crippen LogP contribution in [0.2, 0.25) is 0 Å². The van der Waals surface area contributed by atoms with Gasteiger partial charge in [0.25, 0.3) is 0 Å². The second kappa shape index (κ2) is 13.2. The molecule has 0 aromatic carbocycles. The molecule has 3 saturated heterocycles. The van der Waals surface area contributed by atoms with Crippen LogP contribution in [0.4, 0.5) is 0 Å². The summed E-state index contributed by atoms with van der Waals surface area (Å²) in [4.78, 5) is 0. The lowest BCUT2D eigenvalue weighted by Crippen LogP contribution is -2.64. The van der Waals surface area contributed by atoms with Gasteiger partial charge in [0.15, 0.2) is 12.6 Å². The Hall–Kier alpha value is -0.560. The number of aliphatic hydroxyl groups is 9. The molecule has 8 aliphatic rings. The van der Waals surface area contributed by atoms with Crippen molar-refractivity contribution < 1.29 is 69.6 Å². The molecular formula is C41H68O14. The van der Waals surface area contributed by atoms with E-state index in [1.165, 1.54) is 0 Å². The summed E-state index contributed by atoms with van der Waals surface area (Å²) in [5.74, 6) is 0.0159. The summed E-state index contributed by atoms with van der Waals surface area (Å²) in [6, 6.07) is 0. The standard InChI is InChI=1S/C41H68O14/c1-35(2)24(53-34-30(26(46)21(45)17-51-34)54-33-29(49)28(48)27(47)22(16-42)52-33)9-11-41-18-40(41)13-12-37(5)32(39(7)10-8-25(55-39)36(3,4)50)20(44)15-38(37,6)23(40)14-19(43)31(35)41/h19-34,42-50H,8-18H2,1-7H3/t19-,20+,21+,22-,23+,24+,25-,26-,27-,28+,29+,30-,31-,32+,33-,34-,37+,38+,39-,40+,41-/m1/s1. The third-order valence-corrected chi connectivity index (χ3v) is 17.6. The fourth-order valence-electron chi connectivity index (χ4n) is 14.9. The van der Waals surface area contributed by atoms with Crippen LogP contribution in [0.15, 0.2) is 0 Å². The van der Waals surface area contributed by atoms with Crippen molar-refractivity contribution in [2.75, 3.05) is 13.2 Å². The van der Waals surface area contributed by atoms with Crippen molar-refractivity contribution >= 4 is 0 Å². The molecule has 14 heteroatoms. The molecule has 21 atom stereocenters. The highest BCUT2D eigenvalue weighted by Gasteiger charge is 2.85. The Morgan fingerprint density at radius 3 is 2.07 bits per heavy atom. The van der Waals surface area contributed by atoms with Gasteiger partial charge in [-0.05, 0) is 117 Å². The summed E-state index contributed by atoms with van der Waals surface area (Å²) in [6.07, 6.45) is -7.87. The van der Waals surface area contributed by atoms with Gasteiger partial charge < -0.3 is 69.6 Å². The molecular weight excluding hydrogens is 716 g/mol. The van der Waals surface area contributed by atoms with Crippen LogP contribution in [-0.2, 0) is 23.7 Å². The van der Waals surface area contributed by atoms with Crippen LogP contribution in [0.5, 0.6) is 0 Å². The molecule has 0 aromatic rings. The van der Waals surface area contributed by atoms with E-state index < -0.39 is 96.8 Å². The smallest absolute Gasteiger partial charge is 0.187 e. The summed E-state index contributed by atoms with van der Waals surface area (Å²) in [5, 5.41) is 97.9. The zero-order chi connectivity index (χ0) is 40.1. The van der Waals surface area contributed by atoms with Gasteiger partial charge in [-0.15, -0.1) is 0 Å². The Labute approximate surface area is 324 Å². The van der Waals surface area contributed by atoms with E-state index in [9.17, 15) is 46.0 Å². The molecule has 8 rings (SSSR count). The zero-order valence-electron chi connectivity index (χ0n) is 33.6. The predicted molar refractivity (Wildman–Crippen MR) is 194 cm³/mol. The minimum Gasteiger partial charge on any atom is -0.394 e. The van der Waals surface area contributed by atoms with E-state index in [1.807, 2.05) is 0 Å². The monoisotopic (exact) mass is 784 g/mol. The van der Waals surface area contributed by atoms with Gasteiger partial charge >= 0.3 is 0 Å². The fourth-order valence-corrected chi connectivity index (χ4v) is 14.9. The SMILES string of the molecule is CC(C)(O)[C@H]1CC[C@](C)([C@H]2[C@@H](O)C[C@@]3(C)[C@@H]4C[C@@H](O)[C@@H]5C(C)(C)[C@@H](O[C@H]6OC[C@H](O)[C@@H](O)[C@H]6O[C@H]6O[C@H](CO)[C@@H](O)[C@H](O)[C@@H]6O)CC[C@@]56C[C@@]46CC[C@@]23C)O1. The van der Waals surface area contributed by atoms with E-state index in [4.69, 9.17) is 23.7 Å². The minimum absolute atomic E-state index is 0.0193. The Bertz CT molecular complexity index is 1460. The highest BCUT2D eigenvalue weighted by molar-refractivity contribution is 5.33. The molecule has 0 aromatic heterocycles. The third-order valence-electron chi connectivity index (χ3n) is 17.6. The number of aliphatic hydroxyl groups excluding tert-OH is 8. The number of ether oxygens (including phenoxy) is 5. The van der Waals surface area contributed by atoms with Crippen molar-refractivity contribution in [3.8, 4) is 0 Å². The lowest BCUT2D eigenvalue weighted by atomic mass is 9.41. The topological polar surface area (TPSA) is 228 Å². The summed E-state index contributed by atoms with van der Waals surface area (Å²) in [5.41, 5.74) is -2.64. The van der Waals surface area contributed by atoms with E-state index in [2.05, 4.69) is 34.6 Å². The number of hydrogen-bond donors (Lipinski definition) is 9. The van der Waals surface area contributed by atoms with Crippen LogP contribution in [0.1, 0.15) is 106 Å². The molecule has 2 spiro atoms. The van der Waals surface area contributed by atoms with Crippen molar-refractivity contribution in [3.63, 3.8) is 0 Å². The average molecular weight is 785 g/mol. The molecule has 14 nitrogen and oxygen atoms in total. The third kappa shape index (κ3) is 5.70. The van der Waals surface area contributed by atoms with Crippen LogP contribution in [0.25, 0.3) is 0 Å². The van der Waals surface area contributed by atoms with Gasteiger partial charge in [-0.3, -0.25) is 0 Å². The van der Waals surface area contributed by atoms with Gasteiger partial charge in [0, 0.05) is 5.92 Å². The van der Waals surface area contributed by atoms with Gasteiger partial charge in [0.2, 0.25) is 0 Å².